The number of nitrogens with zero attached hydrogens (tertiary/aromatic N) is 1. The van der Waals surface area contributed by atoms with Crippen molar-refractivity contribution in [2.75, 3.05) is 13.1 Å². The second kappa shape index (κ2) is 6.00. The van der Waals surface area contributed by atoms with Gasteiger partial charge in [0.1, 0.15) is 11.2 Å². The molecule has 0 unspecified atom stereocenters. The molecule has 1 aliphatic carbocycles. The van der Waals surface area contributed by atoms with E-state index in [9.17, 15) is 0 Å². The van der Waals surface area contributed by atoms with Gasteiger partial charge in [-0.15, -0.1) is 12.4 Å². The number of likely N-dealkylation sites (tertiary alicyclic amines) is 1. The summed E-state index contributed by atoms with van der Waals surface area (Å²) >= 11 is 0. The van der Waals surface area contributed by atoms with E-state index >= 15 is 0 Å². The lowest BCUT2D eigenvalue weighted by Crippen LogP contribution is -2.45. The average molecular weight is 350 g/mol. The summed E-state index contributed by atoms with van der Waals surface area (Å²) in [6.07, 6.45) is 6.59. The van der Waals surface area contributed by atoms with E-state index in [1.807, 2.05) is 0 Å². The molecule has 2 heterocycles. The van der Waals surface area contributed by atoms with Gasteiger partial charge in [-0.2, -0.15) is 0 Å². The first-order valence-corrected chi connectivity index (χ1v) is 9.42. The topological polar surface area (TPSA) is 15.8 Å². The zero-order valence-electron chi connectivity index (χ0n) is 15.6. The summed E-state index contributed by atoms with van der Waals surface area (Å²) in [5, 5.41) is 0. The number of ether oxygens (including phenoxy) is 1. The maximum absolute atomic E-state index is 6.46. The fourth-order valence-electron chi connectivity index (χ4n) is 5.08. The first kappa shape index (κ1) is 18.2. The minimum atomic E-state index is -0.00840. The van der Waals surface area contributed by atoms with E-state index < -0.39 is 0 Å². The summed E-state index contributed by atoms with van der Waals surface area (Å²) in [5.74, 6) is 0. The Morgan fingerprint density at radius 3 is 2.21 bits per heavy atom. The van der Waals surface area contributed by atoms with E-state index in [4.69, 9.17) is 4.74 Å². The standard InChI is InChI=1S/C21H31NO.ClH/c1-19(2,3)16-8-10-17(11-9-16)21-13-12-18(20(21,4)23-21)22-14-6-5-7-15-22;/h8-11,18H,5-7,12-15H2,1-4H3;1H/t18-,20-,21-;/m0./s1. The average Bonchev–Trinajstić information content (AvgIpc) is 3.04. The predicted octanol–water partition coefficient (Wildman–Crippen LogP) is 5.04. The Hall–Kier alpha value is -0.570. The lowest BCUT2D eigenvalue weighted by molar-refractivity contribution is 0.0827. The van der Waals surface area contributed by atoms with E-state index in [1.54, 1.807) is 0 Å². The van der Waals surface area contributed by atoms with Crippen LogP contribution in [-0.4, -0.2) is 29.6 Å². The minimum Gasteiger partial charge on any atom is -0.356 e. The Labute approximate surface area is 153 Å². The van der Waals surface area contributed by atoms with Crippen LogP contribution in [0, 0.1) is 0 Å². The van der Waals surface area contributed by atoms with Crippen molar-refractivity contribution < 1.29 is 4.74 Å². The van der Waals surface area contributed by atoms with Crippen molar-refractivity contribution in [1.29, 1.82) is 0 Å². The zero-order valence-corrected chi connectivity index (χ0v) is 16.4. The van der Waals surface area contributed by atoms with E-state index in [2.05, 4.69) is 56.9 Å². The van der Waals surface area contributed by atoms with Gasteiger partial charge < -0.3 is 4.74 Å². The maximum atomic E-state index is 6.46. The minimum absolute atomic E-state index is 0. The summed E-state index contributed by atoms with van der Waals surface area (Å²) < 4.78 is 6.46. The number of benzene rings is 1. The highest BCUT2D eigenvalue weighted by Crippen LogP contribution is 2.66. The molecule has 0 radical (unpaired) electrons. The molecule has 3 aliphatic rings. The molecule has 3 fully saturated rings. The zero-order chi connectivity index (χ0) is 16.3. The highest BCUT2D eigenvalue weighted by molar-refractivity contribution is 5.85. The molecule has 1 saturated carbocycles. The summed E-state index contributed by atoms with van der Waals surface area (Å²) in [6.45, 7) is 11.7. The second-order valence-corrected chi connectivity index (χ2v) is 9.01. The van der Waals surface area contributed by atoms with Crippen LogP contribution in [0.1, 0.15) is 70.9 Å². The van der Waals surface area contributed by atoms with Crippen molar-refractivity contribution in [3.05, 3.63) is 35.4 Å². The quantitative estimate of drug-likeness (QED) is 0.695. The molecule has 134 valence electrons. The molecule has 3 heteroatoms. The predicted molar refractivity (Wildman–Crippen MR) is 102 cm³/mol. The number of rotatable bonds is 2. The van der Waals surface area contributed by atoms with Gasteiger partial charge in [0.05, 0.1) is 0 Å². The molecular formula is C21H32ClNO. The smallest absolute Gasteiger partial charge is 0.124 e. The van der Waals surface area contributed by atoms with Crippen molar-refractivity contribution >= 4 is 12.4 Å². The van der Waals surface area contributed by atoms with Gasteiger partial charge in [-0.3, -0.25) is 4.90 Å². The Morgan fingerprint density at radius 1 is 1.04 bits per heavy atom. The van der Waals surface area contributed by atoms with Crippen molar-refractivity contribution in [3.63, 3.8) is 0 Å². The van der Waals surface area contributed by atoms with E-state index in [0.717, 1.165) is 0 Å². The van der Waals surface area contributed by atoms with Gasteiger partial charge in [0.2, 0.25) is 0 Å². The van der Waals surface area contributed by atoms with Gasteiger partial charge in [-0.05, 0) is 62.2 Å². The summed E-state index contributed by atoms with van der Waals surface area (Å²) in [5.41, 5.74) is 3.05. The number of hydrogen-bond donors (Lipinski definition) is 0. The van der Waals surface area contributed by atoms with Gasteiger partial charge >= 0.3 is 0 Å². The Balaban J connectivity index is 0.00000169. The van der Waals surface area contributed by atoms with Crippen LogP contribution in [0.3, 0.4) is 0 Å². The Bertz CT molecular complexity index is 583. The summed E-state index contributed by atoms with van der Waals surface area (Å²) in [6, 6.07) is 9.88. The van der Waals surface area contributed by atoms with E-state index in [0.29, 0.717) is 6.04 Å². The highest BCUT2D eigenvalue weighted by Gasteiger charge is 2.75. The summed E-state index contributed by atoms with van der Waals surface area (Å²) in [4.78, 5) is 2.71. The lowest BCUT2D eigenvalue weighted by Gasteiger charge is -2.35. The van der Waals surface area contributed by atoms with Crippen LogP contribution in [0.2, 0.25) is 0 Å². The second-order valence-electron chi connectivity index (χ2n) is 9.01. The molecule has 3 atom stereocenters. The van der Waals surface area contributed by atoms with E-state index in [-0.39, 0.29) is 29.0 Å². The molecular weight excluding hydrogens is 318 g/mol. The van der Waals surface area contributed by atoms with Gasteiger partial charge in [0.25, 0.3) is 0 Å². The van der Waals surface area contributed by atoms with Gasteiger partial charge in [-0.25, -0.2) is 0 Å². The molecule has 4 rings (SSSR count). The fourth-order valence-corrected chi connectivity index (χ4v) is 5.08. The number of hydrogen-bond acceptors (Lipinski definition) is 2. The fraction of sp³-hybridized carbons (Fsp3) is 0.714. The molecule has 2 aliphatic heterocycles. The molecule has 2 saturated heterocycles. The monoisotopic (exact) mass is 349 g/mol. The van der Waals surface area contributed by atoms with Gasteiger partial charge in [0.15, 0.2) is 0 Å². The van der Waals surface area contributed by atoms with Crippen molar-refractivity contribution in [1.82, 2.24) is 4.90 Å². The number of piperidine rings is 1. The molecule has 0 aromatic heterocycles. The molecule has 0 amide bonds. The van der Waals surface area contributed by atoms with Crippen molar-refractivity contribution in [3.8, 4) is 0 Å². The third kappa shape index (κ3) is 2.62. The Kier molecular flexibility index (Phi) is 4.56. The number of fused-ring (bicyclic) bond motifs is 1. The first-order valence-electron chi connectivity index (χ1n) is 9.42. The maximum Gasteiger partial charge on any atom is 0.124 e. The van der Waals surface area contributed by atoms with Crippen LogP contribution < -0.4 is 0 Å². The third-order valence-electron chi connectivity index (χ3n) is 6.60. The Morgan fingerprint density at radius 2 is 1.67 bits per heavy atom. The number of epoxide rings is 1. The van der Waals surface area contributed by atoms with Crippen LogP contribution in [0.5, 0.6) is 0 Å². The van der Waals surface area contributed by atoms with Crippen LogP contribution >= 0.6 is 12.4 Å². The lowest BCUT2D eigenvalue weighted by atomic mass is 9.83. The molecule has 1 aromatic rings. The van der Waals surface area contributed by atoms with Crippen molar-refractivity contribution in [2.45, 2.75) is 82.5 Å². The van der Waals surface area contributed by atoms with Gasteiger partial charge in [-0.1, -0.05) is 51.5 Å². The molecule has 1 aromatic carbocycles. The van der Waals surface area contributed by atoms with E-state index in [1.165, 1.54) is 56.3 Å². The first-order chi connectivity index (χ1) is 10.9. The highest BCUT2D eigenvalue weighted by atomic mass is 35.5. The molecule has 0 N–H and O–H groups in total. The van der Waals surface area contributed by atoms with Crippen molar-refractivity contribution in [2.24, 2.45) is 0 Å². The van der Waals surface area contributed by atoms with Crippen LogP contribution in [0.15, 0.2) is 24.3 Å². The molecule has 24 heavy (non-hydrogen) atoms. The SMILES string of the molecule is CC(C)(C)c1ccc([C@@]23CC[C@H](N4CCCCC4)[C@]2(C)O3)cc1.Cl. The molecule has 0 spiro atoms. The van der Waals surface area contributed by atoms with Crippen LogP contribution in [0.25, 0.3) is 0 Å². The van der Waals surface area contributed by atoms with Gasteiger partial charge in [0, 0.05) is 6.04 Å². The van der Waals surface area contributed by atoms with Crippen LogP contribution in [0.4, 0.5) is 0 Å². The normalized spacial score (nSPS) is 36.1. The largest absolute Gasteiger partial charge is 0.356 e. The molecule has 0 bridgehead atoms. The number of halogens is 1. The molecule has 2 nitrogen and oxygen atoms in total. The third-order valence-corrected chi connectivity index (χ3v) is 6.60. The summed E-state index contributed by atoms with van der Waals surface area (Å²) in [7, 11) is 0. The van der Waals surface area contributed by atoms with Crippen LogP contribution in [-0.2, 0) is 15.8 Å².